The molecule has 4 heteroatoms. The number of benzene rings is 2. The van der Waals surface area contributed by atoms with Crippen LogP contribution in [-0.2, 0) is 16.1 Å². The Balaban J connectivity index is 1.72. The lowest BCUT2D eigenvalue weighted by atomic mass is 10.0. The highest BCUT2D eigenvalue weighted by molar-refractivity contribution is 5.82. The summed E-state index contributed by atoms with van der Waals surface area (Å²) in [5, 5.41) is 10.5. The topological polar surface area (TPSA) is 49.8 Å². The van der Waals surface area contributed by atoms with Gasteiger partial charge in [0.2, 0.25) is 0 Å². The number of rotatable bonds is 4. The van der Waals surface area contributed by atoms with Gasteiger partial charge in [0.15, 0.2) is 6.10 Å². The number of carbonyl (C=O) groups excluding carboxylic acids is 1. The van der Waals surface area contributed by atoms with Gasteiger partial charge in [0.25, 0.3) is 5.91 Å². The Morgan fingerprint density at radius 3 is 2.57 bits per heavy atom. The predicted octanol–water partition coefficient (Wildman–Crippen LogP) is 2.46. The number of aliphatic hydroxyl groups is 1. The molecule has 2 aromatic carbocycles. The van der Waals surface area contributed by atoms with Gasteiger partial charge in [-0.2, -0.15) is 0 Å². The molecule has 1 aliphatic rings. The number of hydrogen-bond acceptors (Lipinski definition) is 3. The molecular weight excluding hydrogens is 290 g/mol. The molecule has 1 fully saturated rings. The van der Waals surface area contributed by atoms with Crippen molar-refractivity contribution >= 4 is 5.91 Å². The van der Waals surface area contributed by atoms with Crippen LogP contribution in [0.15, 0.2) is 54.6 Å². The minimum atomic E-state index is -0.943. The highest BCUT2D eigenvalue weighted by Gasteiger charge is 2.35. The van der Waals surface area contributed by atoms with Gasteiger partial charge in [-0.25, -0.2) is 0 Å². The number of ether oxygens (including phenoxy) is 1. The van der Waals surface area contributed by atoms with Gasteiger partial charge in [0, 0.05) is 13.1 Å². The summed E-state index contributed by atoms with van der Waals surface area (Å²) in [7, 11) is 0. The fourth-order valence-electron chi connectivity index (χ4n) is 2.78. The maximum Gasteiger partial charge on any atom is 0.255 e. The van der Waals surface area contributed by atoms with Crippen LogP contribution in [0.4, 0.5) is 0 Å². The molecule has 4 nitrogen and oxygen atoms in total. The van der Waals surface area contributed by atoms with Gasteiger partial charge >= 0.3 is 0 Å². The van der Waals surface area contributed by atoms with Crippen molar-refractivity contribution < 1.29 is 14.6 Å². The molecule has 1 saturated heterocycles. The first kappa shape index (κ1) is 15.7. The molecule has 0 bridgehead atoms. The Kier molecular flexibility index (Phi) is 4.74. The van der Waals surface area contributed by atoms with E-state index in [4.69, 9.17) is 4.74 Å². The maximum absolute atomic E-state index is 12.7. The summed E-state index contributed by atoms with van der Waals surface area (Å²) in [5.41, 5.74) is 2.89. The maximum atomic E-state index is 12.7. The monoisotopic (exact) mass is 311 g/mol. The van der Waals surface area contributed by atoms with Gasteiger partial charge in [0.1, 0.15) is 6.10 Å². The molecule has 2 aromatic rings. The minimum absolute atomic E-state index is 0.159. The van der Waals surface area contributed by atoms with Crippen LogP contribution in [0, 0.1) is 6.92 Å². The van der Waals surface area contributed by atoms with E-state index in [1.807, 2.05) is 61.5 Å². The molecule has 3 rings (SSSR count). The van der Waals surface area contributed by atoms with Crippen molar-refractivity contribution in [3.63, 3.8) is 0 Å². The first-order valence-electron chi connectivity index (χ1n) is 7.84. The van der Waals surface area contributed by atoms with Crippen molar-refractivity contribution in [1.29, 1.82) is 0 Å². The number of carbonyl (C=O) groups is 1. The van der Waals surface area contributed by atoms with E-state index in [1.54, 1.807) is 4.90 Å². The summed E-state index contributed by atoms with van der Waals surface area (Å²) in [6.45, 7) is 3.51. The van der Waals surface area contributed by atoms with E-state index < -0.39 is 12.2 Å². The van der Waals surface area contributed by atoms with Crippen LogP contribution in [0.2, 0.25) is 0 Å². The molecule has 23 heavy (non-hydrogen) atoms. The predicted molar refractivity (Wildman–Crippen MR) is 87.7 cm³/mol. The van der Waals surface area contributed by atoms with Gasteiger partial charge in [-0.1, -0.05) is 60.2 Å². The Bertz CT molecular complexity index is 654. The molecule has 0 aromatic heterocycles. The fraction of sp³-hybridized carbons (Fsp3) is 0.316. The number of aryl methyl sites for hydroxylation is 1. The number of aliphatic hydroxyl groups excluding tert-OH is 1. The van der Waals surface area contributed by atoms with Crippen LogP contribution in [0.3, 0.4) is 0 Å². The smallest absolute Gasteiger partial charge is 0.255 e. The minimum Gasteiger partial charge on any atom is -0.385 e. The molecule has 1 amide bonds. The van der Waals surface area contributed by atoms with Crippen LogP contribution in [0.1, 0.15) is 22.8 Å². The Morgan fingerprint density at radius 2 is 1.87 bits per heavy atom. The van der Waals surface area contributed by atoms with E-state index in [0.717, 1.165) is 11.1 Å². The Labute approximate surface area is 136 Å². The summed E-state index contributed by atoms with van der Waals surface area (Å²) in [6, 6.07) is 17.4. The number of amides is 1. The summed E-state index contributed by atoms with van der Waals surface area (Å²) in [5.74, 6) is -0.159. The van der Waals surface area contributed by atoms with Crippen LogP contribution in [0.5, 0.6) is 0 Å². The molecule has 2 atom stereocenters. The van der Waals surface area contributed by atoms with Crippen LogP contribution < -0.4 is 0 Å². The Morgan fingerprint density at radius 1 is 1.17 bits per heavy atom. The summed E-state index contributed by atoms with van der Waals surface area (Å²) < 4.78 is 5.56. The first-order chi connectivity index (χ1) is 11.1. The van der Waals surface area contributed by atoms with Gasteiger partial charge in [-0.3, -0.25) is 4.79 Å². The molecule has 1 unspecified atom stereocenters. The summed E-state index contributed by atoms with van der Waals surface area (Å²) >= 11 is 0. The first-order valence-corrected chi connectivity index (χ1v) is 7.84. The number of hydrogen-bond donors (Lipinski definition) is 1. The molecule has 120 valence electrons. The zero-order valence-electron chi connectivity index (χ0n) is 13.2. The van der Waals surface area contributed by atoms with Gasteiger partial charge < -0.3 is 14.7 Å². The normalized spacial score (nSPS) is 19.7. The van der Waals surface area contributed by atoms with Crippen molar-refractivity contribution in [3.8, 4) is 0 Å². The second kappa shape index (κ2) is 6.94. The quantitative estimate of drug-likeness (QED) is 0.943. The van der Waals surface area contributed by atoms with E-state index in [2.05, 4.69) is 0 Å². The van der Waals surface area contributed by atoms with Crippen molar-refractivity contribution in [1.82, 2.24) is 4.90 Å². The fourth-order valence-corrected chi connectivity index (χ4v) is 2.78. The van der Waals surface area contributed by atoms with Crippen LogP contribution in [-0.4, -0.2) is 35.2 Å². The third kappa shape index (κ3) is 3.60. The summed E-state index contributed by atoms with van der Waals surface area (Å²) in [6.07, 6.45) is -1.78. The highest BCUT2D eigenvalue weighted by Crippen LogP contribution is 2.24. The van der Waals surface area contributed by atoms with Crippen LogP contribution >= 0.6 is 0 Å². The van der Waals surface area contributed by atoms with Crippen molar-refractivity contribution in [2.75, 3.05) is 13.2 Å². The van der Waals surface area contributed by atoms with E-state index in [-0.39, 0.29) is 5.91 Å². The molecule has 1 heterocycles. The average molecular weight is 311 g/mol. The second-order valence-corrected chi connectivity index (χ2v) is 5.89. The lowest BCUT2D eigenvalue weighted by Crippen LogP contribution is -2.49. The van der Waals surface area contributed by atoms with Gasteiger partial charge in [-0.15, -0.1) is 0 Å². The van der Waals surface area contributed by atoms with Crippen molar-refractivity contribution in [2.45, 2.75) is 25.7 Å². The van der Waals surface area contributed by atoms with Gasteiger partial charge in [-0.05, 0) is 18.1 Å². The van der Waals surface area contributed by atoms with Gasteiger partial charge in [0.05, 0.1) is 6.61 Å². The molecule has 1 N–H and O–H groups in total. The van der Waals surface area contributed by atoms with E-state index in [1.165, 1.54) is 0 Å². The van der Waals surface area contributed by atoms with Crippen molar-refractivity contribution in [2.24, 2.45) is 0 Å². The molecule has 0 radical (unpaired) electrons. The molecule has 0 spiro atoms. The lowest BCUT2D eigenvalue weighted by molar-refractivity contribution is -0.164. The largest absolute Gasteiger partial charge is 0.385 e. The van der Waals surface area contributed by atoms with E-state index >= 15 is 0 Å². The molecule has 1 aliphatic heterocycles. The third-order valence-electron chi connectivity index (χ3n) is 4.14. The number of nitrogens with zero attached hydrogens (tertiary/aromatic N) is 1. The Hall–Kier alpha value is -2.17. The molecular formula is C19H21NO3. The summed E-state index contributed by atoms with van der Waals surface area (Å²) in [4.78, 5) is 14.4. The zero-order valence-corrected chi connectivity index (χ0v) is 13.2. The van der Waals surface area contributed by atoms with Crippen LogP contribution in [0.25, 0.3) is 0 Å². The average Bonchev–Trinajstić information content (AvgIpc) is 2.58. The van der Waals surface area contributed by atoms with E-state index in [9.17, 15) is 9.90 Å². The highest BCUT2D eigenvalue weighted by atomic mass is 16.5. The molecule has 0 aliphatic carbocycles. The third-order valence-corrected chi connectivity index (χ3v) is 4.14. The molecule has 0 saturated carbocycles. The van der Waals surface area contributed by atoms with Crippen molar-refractivity contribution in [3.05, 3.63) is 71.3 Å². The standard InChI is InChI=1S/C19H21NO3/c1-14-7-9-16(10-8-14)17(21)18-19(22)20(11-12-23-18)13-15-5-3-2-4-6-15/h2-10,17-18,21H,11-13H2,1H3/t17?,18-/m0/s1. The lowest BCUT2D eigenvalue weighted by Gasteiger charge is -2.34. The zero-order chi connectivity index (χ0) is 16.2. The van der Waals surface area contributed by atoms with E-state index in [0.29, 0.717) is 25.3 Å². The second-order valence-electron chi connectivity index (χ2n) is 5.89. The SMILES string of the molecule is Cc1ccc(C(O)[C@@H]2OCCN(Cc3ccccc3)C2=O)cc1. The number of morpholine rings is 1.